The molecular formula is C73H142O17P2. The van der Waals surface area contributed by atoms with E-state index in [0.717, 1.165) is 108 Å². The van der Waals surface area contributed by atoms with E-state index in [4.69, 9.17) is 37.0 Å². The van der Waals surface area contributed by atoms with Gasteiger partial charge in [0.1, 0.15) is 19.3 Å². The van der Waals surface area contributed by atoms with Gasteiger partial charge in [0.25, 0.3) is 0 Å². The van der Waals surface area contributed by atoms with E-state index in [0.29, 0.717) is 31.6 Å². The van der Waals surface area contributed by atoms with Gasteiger partial charge in [-0.05, 0) is 43.4 Å². The molecule has 0 aliphatic carbocycles. The van der Waals surface area contributed by atoms with Crippen LogP contribution in [-0.4, -0.2) is 96.7 Å². The van der Waals surface area contributed by atoms with Crippen LogP contribution in [0.3, 0.4) is 0 Å². The van der Waals surface area contributed by atoms with E-state index < -0.39 is 97.5 Å². The van der Waals surface area contributed by atoms with Crippen LogP contribution < -0.4 is 0 Å². The summed E-state index contributed by atoms with van der Waals surface area (Å²) in [5.41, 5.74) is 0. The number of phosphoric acid groups is 2. The van der Waals surface area contributed by atoms with Gasteiger partial charge in [-0.25, -0.2) is 9.13 Å². The molecule has 0 amide bonds. The van der Waals surface area contributed by atoms with Crippen LogP contribution in [0.25, 0.3) is 0 Å². The van der Waals surface area contributed by atoms with E-state index >= 15 is 0 Å². The Labute approximate surface area is 562 Å². The zero-order valence-electron chi connectivity index (χ0n) is 60.0. The molecular weight excluding hydrogens is 1210 g/mol. The Hall–Kier alpha value is -1.94. The first-order valence-corrected chi connectivity index (χ1v) is 40.9. The molecule has 0 saturated carbocycles. The van der Waals surface area contributed by atoms with Crippen molar-refractivity contribution in [2.75, 3.05) is 39.6 Å². The van der Waals surface area contributed by atoms with E-state index in [2.05, 4.69) is 48.5 Å². The fourth-order valence-corrected chi connectivity index (χ4v) is 12.6. The van der Waals surface area contributed by atoms with Crippen LogP contribution in [-0.2, 0) is 65.4 Å². The number of rotatable bonds is 71. The predicted molar refractivity (Wildman–Crippen MR) is 372 cm³/mol. The van der Waals surface area contributed by atoms with Crippen LogP contribution in [0.15, 0.2) is 0 Å². The fraction of sp³-hybridized carbons (Fsp3) is 0.945. The number of carbonyl (C=O) groups excluding carboxylic acids is 4. The zero-order valence-corrected chi connectivity index (χ0v) is 61.8. The third-order valence-corrected chi connectivity index (χ3v) is 19.1. The van der Waals surface area contributed by atoms with Crippen LogP contribution in [0.2, 0.25) is 0 Å². The number of unbranched alkanes of at least 4 members (excludes halogenated alkanes) is 38. The molecule has 0 heterocycles. The summed E-state index contributed by atoms with van der Waals surface area (Å²) in [7, 11) is -9.91. The Balaban J connectivity index is 5.25. The summed E-state index contributed by atoms with van der Waals surface area (Å²) in [6, 6.07) is 0. The highest BCUT2D eigenvalue weighted by molar-refractivity contribution is 7.47. The van der Waals surface area contributed by atoms with Crippen molar-refractivity contribution in [2.24, 2.45) is 17.8 Å². The number of aliphatic hydroxyl groups is 1. The Kier molecular flexibility index (Phi) is 62.4. The van der Waals surface area contributed by atoms with Crippen molar-refractivity contribution in [3.63, 3.8) is 0 Å². The monoisotopic (exact) mass is 1350 g/mol. The minimum atomic E-state index is -4.95. The normalized spacial score (nSPS) is 14.4. The summed E-state index contributed by atoms with van der Waals surface area (Å²) in [6.45, 7) is 11.8. The molecule has 0 aromatic heterocycles. The predicted octanol–water partition coefficient (Wildman–Crippen LogP) is 21.0. The lowest BCUT2D eigenvalue weighted by atomic mass is 9.99. The molecule has 3 N–H and O–H groups in total. The Morgan fingerprint density at radius 3 is 0.826 bits per heavy atom. The Bertz CT molecular complexity index is 1800. The van der Waals surface area contributed by atoms with E-state index in [1.54, 1.807) is 0 Å². The lowest BCUT2D eigenvalue weighted by Gasteiger charge is -2.21. The van der Waals surface area contributed by atoms with Gasteiger partial charge < -0.3 is 33.8 Å². The number of hydrogen-bond donors (Lipinski definition) is 3. The number of phosphoric ester groups is 2. The third kappa shape index (κ3) is 65.4. The van der Waals surface area contributed by atoms with Crippen molar-refractivity contribution in [1.82, 2.24) is 0 Å². The molecule has 0 bridgehead atoms. The maximum Gasteiger partial charge on any atom is 0.472 e. The molecule has 0 aromatic carbocycles. The topological polar surface area (TPSA) is 237 Å². The van der Waals surface area contributed by atoms with E-state index in [1.807, 2.05) is 0 Å². The van der Waals surface area contributed by atoms with Crippen molar-refractivity contribution in [3.8, 4) is 0 Å². The number of carbonyl (C=O) groups is 4. The van der Waals surface area contributed by atoms with Gasteiger partial charge in [-0.2, -0.15) is 0 Å². The Morgan fingerprint density at radius 1 is 0.315 bits per heavy atom. The number of ether oxygens (including phenoxy) is 4. The highest BCUT2D eigenvalue weighted by Crippen LogP contribution is 2.45. The summed E-state index contributed by atoms with van der Waals surface area (Å²) in [4.78, 5) is 72.7. The summed E-state index contributed by atoms with van der Waals surface area (Å²) in [6.07, 6.45) is 48.6. The van der Waals surface area contributed by atoms with Gasteiger partial charge in [0.2, 0.25) is 0 Å². The quantitative estimate of drug-likeness (QED) is 0.0222. The van der Waals surface area contributed by atoms with Crippen LogP contribution in [0, 0.1) is 17.8 Å². The Morgan fingerprint density at radius 2 is 0.554 bits per heavy atom. The van der Waals surface area contributed by atoms with Crippen molar-refractivity contribution in [1.29, 1.82) is 0 Å². The average Bonchev–Trinajstić information content (AvgIpc) is 2.76. The number of esters is 4. The molecule has 0 aliphatic rings. The minimum absolute atomic E-state index is 0.105. The fourth-order valence-electron chi connectivity index (χ4n) is 11.0. The van der Waals surface area contributed by atoms with Crippen molar-refractivity contribution >= 4 is 39.5 Å². The van der Waals surface area contributed by atoms with Gasteiger partial charge in [-0.15, -0.1) is 0 Å². The third-order valence-electron chi connectivity index (χ3n) is 17.2. The molecule has 0 aromatic rings. The number of hydrogen-bond acceptors (Lipinski definition) is 15. The first kappa shape index (κ1) is 90.1. The lowest BCUT2D eigenvalue weighted by molar-refractivity contribution is -0.161. The smallest absolute Gasteiger partial charge is 0.462 e. The van der Waals surface area contributed by atoms with E-state index in [9.17, 15) is 43.2 Å². The summed E-state index contributed by atoms with van der Waals surface area (Å²) in [5.74, 6) is 0.131. The van der Waals surface area contributed by atoms with Crippen LogP contribution in [0.4, 0.5) is 0 Å². The second-order valence-corrected chi connectivity index (χ2v) is 30.4. The van der Waals surface area contributed by atoms with E-state index in [-0.39, 0.29) is 25.7 Å². The molecule has 0 saturated heterocycles. The molecule has 19 heteroatoms. The van der Waals surface area contributed by atoms with Gasteiger partial charge in [0, 0.05) is 25.7 Å². The van der Waals surface area contributed by atoms with Gasteiger partial charge in [0.15, 0.2) is 12.2 Å². The molecule has 546 valence electrons. The standard InChI is InChI=1S/C73H142O17P2/c1-8-10-11-12-13-14-15-16-17-18-21-28-33-42-49-56-72(77)89-68(60-83-70(75)54-47-40-32-27-22-19-20-25-30-37-44-51-64(3)4)62-87-91(79,80)85-58-67(74)59-86-92(81,82)88-63-69(61-84-71(76)55-48-41-36-35-38-45-52-65(5)6)90-73(78)57-50-43-34-29-24-23-26-31-39-46-53-66(7)9-2/h64-69,74H,8-63H2,1-7H3,(H,79,80)(H,81,82)/t66?,67-,68-,69-/m1/s1. The van der Waals surface area contributed by atoms with Crippen LogP contribution in [0.5, 0.6) is 0 Å². The maximum absolute atomic E-state index is 13.1. The maximum atomic E-state index is 13.1. The van der Waals surface area contributed by atoms with Gasteiger partial charge >= 0.3 is 39.5 Å². The SMILES string of the molecule is CCCCCCCCCCCCCCCCCC(=O)O[C@H](COC(=O)CCCCCCCCCCCCCC(C)C)COP(=O)(O)OC[C@@H](O)COP(=O)(O)OC[C@@H](COC(=O)CCCCCCCCC(C)C)OC(=O)CCCCCCCCCCCCC(C)CC. The summed E-state index contributed by atoms with van der Waals surface area (Å²) >= 11 is 0. The molecule has 0 radical (unpaired) electrons. The molecule has 0 spiro atoms. The van der Waals surface area contributed by atoms with Gasteiger partial charge in [0.05, 0.1) is 26.4 Å². The second kappa shape index (κ2) is 63.8. The van der Waals surface area contributed by atoms with Crippen LogP contribution >= 0.6 is 15.6 Å². The van der Waals surface area contributed by atoms with Crippen molar-refractivity contribution < 1.29 is 80.2 Å². The minimum Gasteiger partial charge on any atom is -0.462 e. The first-order valence-electron chi connectivity index (χ1n) is 37.9. The average molecular weight is 1350 g/mol. The largest absolute Gasteiger partial charge is 0.472 e. The second-order valence-electron chi connectivity index (χ2n) is 27.5. The van der Waals surface area contributed by atoms with Gasteiger partial charge in [-0.3, -0.25) is 37.3 Å². The summed E-state index contributed by atoms with van der Waals surface area (Å²) in [5, 5.41) is 10.6. The molecule has 3 unspecified atom stereocenters. The lowest BCUT2D eigenvalue weighted by Crippen LogP contribution is -2.30. The van der Waals surface area contributed by atoms with E-state index in [1.165, 1.54) is 173 Å². The number of aliphatic hydroxyl groups excluding tert-OH is 1. The highest BCUT2D eigenvalue weighted by Gasteiger charge is 2.30. The zero-order chi connectivity index (χ0) is 68.0. The molecule has 17 nitrogen and oxygen atoms in total. The molecule has 0 aliphatic heterocycles. The molecule has 0 fully saturated rings. The van der Waals surface area contributed by atoms with Crippen molar-refractivity contribution in [3.05, 3.63) is 0 Å². The molecule has 0 rings (SSSR count). The van der Waals surface area contributed by atoms with Gasteiger partial charge in [-0.1, -0.05) is 318 Å². The molecule has 6 atom stereocenters. The van der Waals surface area contributed by atoms with Crippen LogP contribution in [0.1, 0.15) is 370 Å². The first-order chi connectivity index (χ1) is 44.3. The highest BCUT2D eigenvalue weighted by atomic mass is 31.2. The summed E-state index contributed by atoms with van der Waals surface area (Å²) < 4.78 is 68.4. The van der Waals surface area contributed by atoms with Crippen molar-refractivity contribution in [2.45, 2.75) is 388 Å². The molecule has 92 heavy (non-hydrogen) atoms.